The molecular formula is C16H17N3O2S2. The topological polar surface area (TPSA) is 64.3 Å². The fourth-order valence-electron chi connectivity index (χ4n) is 2.49. The Morgan fingerprint density at radius 2 is 1.74 bits per heavy atom. The number of nitrogens with zero attached hydrogens (tertiary/aromatic N) is 3. The summed E-state index contributed by atoms with van der Waals surface area (Å²) in [6, 6.07) is 8.72. The van der Waals surface area contributed by atoms with E-state index in [1.165, 1.54) is 11.8 Å². The molecule has 0 radical (unpaired) electrons. The minimum atomic E-state index is -3.68. The molecule has 7 heteroatoms. The lowest BCUT2D eigenvalue weighted by molar-refractivity contribution is 0.594. The molecule has 2 heterocycles. The van der Waals surface area contributed by atoms with Crippen molar-refractivity contribution in [3.05, 3.63) is 47.3 Å². The Kier molecular flexibility index (Phi) is 3.93. The van der Waals surface area contributed by atoms with E-state index in [2.05, 4.69) is 10.1 Å². The molecule has 0 atom stereocenters. The molecule has 5 nitrogen and oxygen atoms in total. The van der Waals surface area contributed by atoms with Crippen LogP contribution in [-0.2, 0) is 9.84 Å². The lowest BCUT2D eigenvalue weighted by atomic mass is 10.2. The van der Waals surface area contributed by atoms with Gasteiger partial charge in [-0.15, -0.1) is 11.8 Å². The summed E-state index contributed by atoms with van der Waals surface area (Å²) in [5, 5.41) is 4.88. The predicted molar refractivity (Wildman–Crippen MR) is 90.9 cm³/mol. The van der Waals surface area contributed by atoms with Crippen molar-refractivity contribution in [3.63, 3.8) is 0 Å². The van der Waals surface area contributed by atoms with E-state index in [1.54, 1.807) is 28.8 Å². The van der Waals surface area contributed by atoms with E-state index in [0.29, 0.717) is 10.7 Å². The summed E-state index contributed by atoms with van der Waals surface area (Å²) in [6.07, 6.45) is 1.82. The maximum atomic E-state index is 13.1. The van der Waals surface area contributed by atoms with E-state index < -0.39 is 9.84 Å². The molecule has 0 spiro atoms. The second-order valence-electron chi connectivity index (χ2n) is 5.43. The Morgan fingerprint density at radius 3 is 2.35 bits per heavy atom. The van der Waals surface area contributed by atoms with Crippen molar-refractivity contribution in [1.82, 2.24) is 14.6 Å². The minimum absolute atomic E-state index is 0.181. The molecule has 0 saturated carbocycles. The number of thioether (sulfide) groups is 1. The zero-order valence-corrected chi connectivity index (χ0v) is 15.0. The summed E-state index contributed by atoms with van der Waals surface area (Å²) in [6.45, 7) is 5.66. The van der Waals surface area contributed by atoms with Gasteiger partial charge in [-0.25, -0.2) is 17.9 Å². The number of hydrogen-bond acceptors (Lipinski definition) is 5. The third-order valence-corrected chi connectivity index (χ3v) is 6.22. The zero-order chi connectivity index (χ0) is 16.8. The van der Waals surface area contributed by atoms with Gasteiger partial charge in [0.15, 0.2) is 10.5 Å². The van der Waals surface area contributed by atoms with Gasteiger partial charge in [-0.3, -0.25) is 0 Å². The van der Waals surface area contributed by atoms with Crippen LogP contribution in [0.3, 0.4) is 0 Å². The molecule has 2 aromatic heterocycles. The summed E-state index contributed by atoms with van der Waals surface area (Å²) >= 11 is 1.31. The first-order chi connectivity index (χ1) is 10.8. The molecule has 0 unspecified atom stereocenters. The van der Waals surface area contributed by atoms with Crippen LogP contribution in [0.5, 0.6) is 0 Å². The van der Waals surface area contributed by atoms with Crippen molar-refractivity contribution in [1.29, 1.82) is 0 Å². The van der Waals surface area contributed by atoms with Crippen LogP contribution >= 0.6 is 11.8 Å². The summed E-state index contributed by atoms with van der Waals surface area (Å²) in [5.74, 6) is 0. The highest BCUT2D eigenvalue weighted by Gasteiger charge is 2.28. The van der Waals surface area contributed by atoms with Crippen molar-refractivity contribution < 1.29 is 8.42 Å². The molecule has 23 heavy (non-hydrogen) atoms. The van der Waals surface area contributed by atoms with Crippen LogP contribution in [-0.4, -0.2) is 29.3 Å². The average molecular weight is 347 g/mol. The maximum absolute atomic E-state index is 13.1. The molecule has 3 aromatic rings. The Labute approximate surface area is 139 Å². The normalized spacial score (nSPS) is 12.0. The SMILES string of the molecule is CSc1nn2c(C)cc(C)nc2c1S(=O)(=O)c1ccc(C)cc1. The number of benzene rings is 1. The van der Waals surface area contributed by atoms with Gasteiger partial charge in [0.25, 0.3) is 0 Å². The van der Waals surface area contributed by atoms with E-state index in [-0.39, 0.29) is 9.79 Å². The number of sulfone groups is 1. The standard InChI is InChI=1S/C16H17N3O2S2/c1-10-5-7-13(8-6-10)23(20,21)14-15-17-11(2)9-12(3)19(15)18-16(14)22-4/h5-9H,1-4H3. The first-order valence-electron chi connectivity index (χ1n) is 7.07. The second-order valence-corrected chi connectivity index (χ2v) is 8.11. The third-order valence-electron chi connectivity index (χ3n) is 3.62. The van der Waals surface area contributed by atoms with E-state index in [9.17, 15) is 8.42 Å². The van der Waals surface area contributed by atoms with Gasteiger partial charge in [-0.2, -0.15) is 5.10 Å². The molecule has 0 bridgehead atoms. The van der Waals surface area contributed by atoms with E-state index >= 15 is 0 Å². The maximum Gasteiger partial charge on any atom is 0.213 e. The number of fused-ring (bicyclic) bond motifs is 1. The highest BCUT2D eigenvalue weighted by Crippen LogP contribution is 2.32. The van der Waals surface area contributed by atoms with Crippen molar-refractivity contribution in [3.8, 4) is 0 Å². The molecule has 1 aromatic carbocycles. The number of rotatable bonds is 3. The third kappa shape index (κ3) is 2.64. The Morgan fingerprint density at radius 1 is 1.09 bits per heavy atom. The van der Waals surface area contributed by atoms with Crippen LogP contribution < -0.4 is 0 Å². The second kappa shape index (κ2) is 5.65. The van der Waals surface area contributed by atoms with Crippen molar-refractivity contribution in [2.75, 3.05) is 6.26 Å². The minimum Gasteiger partial charge on any atom is -0.233 e. The molecule has 0 aliphatic heterocycles. The zero-order valence-electron chi connectivity index (χ0n) is 13.4. The van der Waals surface area contributed by atoms with Gasteiger partial charge in [-0.1, -0.05) is 17.7 Å². The van der Waals surface area contributed by atoms with Crippen LogP contribution in [0.25, 0.3) is 5.65 Å². The van der Waals surface area contributed by atoms with Crippen LogP contribution in [0.15, 0.2) is 45.1 Å². The molecule has 0 N–H and O–H groups in total. The predicted octanol–water partition coefficient (Wildman–Crippen LogP) is 3.21. The van der Waals surface area contributed by atoms with Gasteiger partial charge in [0.2, 0.25) is 9.84 Å². The highest BCUT2D eigenvalue weighted by molar-refractivity contribution is 7.99. The smallest absolute Gasteiger partial charge is 0.213 e. The van der Waals surface area contributed by atoms with Crippen molar-refractivity contribution in [2.24, 2.45) is 0 Å². The van der Waals surface area contributed by atoms with Crippen LogP contribution in [0.1, 0.15) is 17.0 Å². The molecule has 0 aliphatic carbocycles. The Hall–Kier alpha value is -1.86. The van der Waals surface area contributed by atoms with Gasteiger partial charge in [0, 0.05) is 11.4 Å². The fourth-order valence-corrected chi connectivity index (χ4v) is 4.88. The van der Waals surface area contributed by atoms with Crippen LogP contribution in [0.2, 0.25) is 0 Å². The number of aromatic nitrogens is 3. The van der Waals surface area contributed by atoms with Crippen molar-refractivity contribution in [2.45, 2.75) is 35.6 Å². The number of aryl methyl sites for hydroxylation is 3. The van der Waals surface area contributed by atoms with E-state index in [1.807, 2.05) is 33.1 Å². The van der Waals surface area contributed by atoms with Gasteiger partial charge in [-0.05, 0) is 45.2 Å². The molecule has 0 saturated heterocycles. The van der Waals surface area contributed by atoms with Gasteiger partial charge >= 0.3 is 0 Å². The molecular weight excluding hydrogens is 330 g/mol. The lowest BCUT2D eigenvalue weighted by Gasteiger charge is -2.05. The van der Waals surface area contributed by atoms with Gasteiger partial charge in [0.05, 0.1) is 4.90 Å². The Balaban J connectivity index is 2.36. The quantitative estimate of drug-likeness (QED) is 0.681. The fraction of sp³-hybridized carbons (Fsp3) is 0.250. The van der Waals surface area contributed by atoms with Crippen LogP contribution in [0.4, 0.5) is 0 Å². The summed E-state index contributed by atoms with van der Waals surface area (Å²) in [5.41, 5.74) is 3.02. The molecule has 3 rings (SSSR count). The first-order valence-corrected chi connectivity index (χ1v) is 9.78. The molecule has 120 valence electrons. The van der Waals surface area contributed by atoms with E-state index in [4.69, 9.17) is 0 Å². The highest BCUT2D eigenvalue weighted by atomic mass is 32.2. The lowest BCUT2D eigenvalue weighted by Crippen LogP contribution is -2.05. The van der Waals surface area contributed by atoms with Gasteiger partial charge < -0.3 is 0 Å². The van der Waals surface area contributed by atoms with Crippen molar-refractivity contribution >= 4 is 27.2 Å². The summed E-state index contributed by atoms with van der Waals surface area (Å²) < 4.78 is 27.8. The number of hydrogen-bond donors (Lipinski definition) is 0. The van der Waals surface area contributed by atoms with E-state index in [0.717, 1.165) is 17.0 Å². The summed E-state index contributed by atoms with van der Waals surface area (Å²) in [4.78, 5) is 4.86. The van der Waals surface area contributed by atoms with Crippen LogP contribution in [0, 0.1) is 20.8 Å². The monoisotopic (exact) mass is 347 g/mol. The average Bonchev–Trinajstić information content (AvgIpc) is 2.87. The molecule has 0 amide bonds. The Bertz CT molecular complexity index is 990. The van der Waals surface area contributed by atoms with Gasteiger partial charge in [0.1, 0.15) is 5.03 Å². The molecule has 0 fully saturated rings. The first kappa shape index (κ1) is 16.0. The molecule has 0 aliphatic rings. The summed E-state index contributed by atoms with van der Waals surface area (Å²) in [7, 11) is -3.68. The largest absolute Gasteiger partial charge is 0.233 e.